The summed E-state index contributed by atoms with van der Waals surface area (Å²) in [5, 5.41) is 10.8. The lowest BCUT2D eigenvalue weighted by molar-refractivity contribution is -0.143. The number of nitrogens with zero attached hydrogens (tertiary/aromatic N) is 4. The van der Waals surface area contributed by atoms with Crippen LogP contribution in [0, 0.1) is 0 Å². The van der Waals surface area contributed by atoms with Crippen molar-refractivity contribution in [3.8, 4) is 0 Å². The summed E-state index contributed by atoms with van der Waals surface area (Å²) in [7, 11) is 0. The number of benzene rings is 1. The van der Waals surface area contributed by atoms with Crippen molar-refractivity contribution in [2.75, 3.05) is 26.2 Å². The highest BCUT2D eigenvalue weighted by Crippen LogP contribution is 2.19. The van der Waals surface area contributed by atoms with Crippen LogP contribution in [0.4, 0.5) is 13.2 Å². The van der Waals surface area contributed by atoms with Crippen molar-refractivity contribution in [1.82, 2.24) is 25.3 Å². The number of likely N-dealkylation sites (tertiary alicyclic amines) is 1. The fourth-order valence-corrected chi connectivity index (χ4v) is 3.38. The van der Waals surface area contributed by atoms with E-state index in [-0.39, 0.29) is 6.04 Å². The first-order valence-corrected chi connectivity index (χ1v) is 9.80. The number of hydrogen-bond acceptors (Lipinski definition) is 3. The molecule has 1 unspecified atom stereocenters. The number of alkyl halides is 3. The van der Waals surface area contributed by atoms with Crippen LogP contribution in [-0.2, 0) is 13.1 Å². The van der Waals surface area contributed by atoms with Crippen molar-refractivity contribution in [3.63, 3.8) is 0 Å². The molecule has 1 fully saturated rings. The van der Waals surface area contributed by atoms with Crippen LogP contribution in [0.5, 0.6) is 0 Å². The Morgan fingerprint density at radius 2 is 2.03 bits per heavy atom. The number of aromatic nitrogens is 2. The smallest absolute Gasteiger partial charge is 0.357 e. The van der Waals surface area contributed by atoms with Crippen LogP contribution in [0.1, 0.15) is 24.5 Å². The molecule has 0 saturated carbocycles. The molecule has 9 heteroatoms. The van der Waals surface area contributed by atoms with Gasteiger partial charge >= 0.3 is 6.18 Å². The van der Waals surface area contributed by atoms with E-state index in [0.29, 0.717) is 45.1 Å². The summed E-state index contributed by atoms with van der Waals surface area (Å²) in [5.74, 6) is 0.613. The van der Waals surface area contributed by atoms with Gasteiger partial charge in [-0.15, -0.1) is 0 Å². The van der Waals surface area contributed by atoms with Gasteiger partial charge in [0.2, 0.25) is 0 Å². The van der Waals surface area contributed by atoms with Crippen molar-refractivity contribution in [2.45, 2.75) is 38.7 Å². The Balaban J connectivity index is 1.53. The molecule has 0 amide bonds. The highest BCUT2D eigenvalue weighted by molar-refractivity contribution is 5.80. The molecule has 1 aliphatic rings. The number of aliphatic imine (C=N–C) groups is 1. The third kappa shape index (κ3) is 7.08. The molecule has 0 aliphatic carbocycles. The summed E-state index contributed by atoms with van der Waals surface area (Å²) in [6.07, 6.45) is 0.250. The minimum absolute atomic E-state index is 0.0454. The van der Waals surface area contributed by atoms with Crippen molar-refractivity contribution >= 4 is 5.96 Å². The second kappa shape index (κ2) is 9.78. The van der Waals surface area contributed by atoms with Crippen molar-refractivity contribution in [1.29, 1.82) is 0 Å². The first kappa shape index (κ1) is 21.2. The molecule has 2 N–H and O–H groups in total. The average Bonchev–Trinajstić information content (AvgIpc) is 3.29. The van der Waals surface area contributed by atoms with E-state index in [2.05, 4.69) is 32.9 Å². The maximum Gasteiger partial charge on any atom is 0.401 e. The maximum atomic E-state index is 12.6. The second-order valence-electron chi connectivity index (χ2n) is 7.21. The molecular weight excluding hydrogens is 381 g/mol. The zero-order chi connectivity index (χ0) is 20.7. The maximum absolute atomic E-state index is 12.6. The Hall–Kier alpha value is -2.55. The molecule has 1 saturated heterocycles. The quantitative estimate of drug-likeness (QED) is 0.546. The minimum atomic E-state index is -4.16. The predicted molar refractivity (Wildman–Crippen MR) is 107 cm³/mol. The molecule has 1 atom stereocenters. The third-order valence-electron chi connectivity index (χ3n) is 4.65. The minimum Gasteiger partial charge on any atom is -0.357 e. The fourth-order valence-electron chi connectivity index (χ4n) is 3.38. The lowest BCUT2D eigenvalue weighted by atomic mass is 10.2. The van der Waals surface area contributed by atoms with Gasteiger partial charge in [-0.2, -0.15) is 18.3 Å². The lowest BCUT2D eigenvalue weighted by Crippen LogP contribution is -2.45. The first-order chi connectivity index (χ1) is 13.9. The normalized spacial score (nSPS) is 18.2. The van der Waals surface area contributed by atoms with Crippen LogP contribution in [0.25, 0.3) is 0 Å². The largest absolute Gasteiger partial charge is 0.401 e. The van der Waals surface area contributed by atoms with Gasteiger partial charge in [-0.3, -0.25) is 9.58 Å². The van der Waals surface area contributed by atoms with Crippen LogP contribution in [0.2, 0.25) is 0 Å². The zero-order valence-electron chi connectivity index (χ0n) is 16.5. The Morgan fingerprint density at radius 3 is 2.76 bits per heavy atom. The molecule has 0 spiro atoms. The van der Waals surface area contributed by atoms with Crippen LogP contribution in [0.3, 0.4) is 0 Å². The molecule has 6 nitrogen and oxygen atoms in total. The summed E-state index contributed by atoms with van der Waals surface area (Å²) in [4.78, 5) is 5.99. The average molecular weight is 408 g/mol. The zero-order valence-corrected chi connectivity index (χ0v) is 16.5. The van der Waals surface area contributed by atoms with Gasteiger partial charge < -0.3 is 10.6 Å². The highest BCUT2D eigenvalue weighted by Gasteiger charge is 2.34. The number of rotatable bonds is 7. The van der Waals surface area contributed by atoms with Gasteiger partial charge in [-0.05, 0) is 18.9 Å². The molecule has 0 bridgehead atoms. The fraction of sp³-hybridized carbons (Fsp3) is 0.500. The van der Waals surface area contributed by atoms with E-state index >= 15 is 0 Å². The SMILES string of the molecule is CCNC(=NCc1cnn(Cc2ccccc2)c1)NC1CCN(CC(F)(F)F)C1. The van der Waals surface area contributed by atoms with E-state index < -0.39 is 12.7 Å². The van der Waals surface area contributed by atoms with E-state index in [1.165, 1.54) is 10.5 Å². The monoisotopic (exact) mass is 408 g/mol. The van der Waals surface area contributed by atoms with Gasteiger partial charge in [0, 0.05) is 37.4 Å². The Labute approximate surface area is 168 Å². The Morgan fingerprint density at radius 1 is 1.24 bits per heavy atom. The Kier molecular flexibility index (Phi) is 7.13. The molecule has 29 heavy (non-hydrogen) atoms. The van der Waals surface area contributed by atoms with E-state index in [4.69, 9.17) is 0 Å². The van der Waals surface area contributed by atoms with Crippen molar-refractivity contribution < 1.29 is 13.2 Å². The van der Waals surface area contributed by atoms with E-state index in [1.807, 2.05) is 36.0 Å². The van der Waals surface area contributed by atoms with Gasteiger partial charge in [0.25, 0.3) is 0 Å². The van der Waals surface area contributed by atoms with Gasteiger partial charge in [0.15, 0.2) is 5.96 Å². The summed E-state index contributed by atoms with van der Waals surface area (Å²) in [6.45, 7) is 3.71. The molecule has 1 aromatic carbocycles. The summed E-state index contributed by atoms with van der Waals surface area (Å²) >= 11 is 0. The molecule has 158 valence electrons. The van der Waals surface area contributed by atoms with E-state index in [1.54, 1.807) is 6.20 Å². The van der Waals surface area contributed by atoms with Crippen molar-refractivity contribution in [3.05, 3.63) is 53.9 Å². The van der Waals surface area contributed by atoms with Gasteiger partial charge in [-0.1, -0.05) is 30.3 Å². The molecule has 2 aromatic rings. The summed E-state index contributed by atoms with van der Waals surface area (Å²) < 4.78 is 39.5. The topological polar surface area (TPSA) is 57.5 Å². The van der Waals surface area contributed by atoms with E-state index in [9.17, 15) is 13.2 Å². The number of nitrogens with one attached hydrogen (secondary N) is 2. The second-order valence-corrected chi connectivity index (χ2v) is 7.21. The van der Waals surface area contributed by atoms with E-state index in [0.717, 1.165) is 5.56 Å². The van der Waals surface area contributed by atoms with Gasteiger partial charge in [-0.25, -0.2) is 4.99 Å². The standard InChI is InChI=1S/C20H27F3N6/c1-2-24-19(27-18-8-9-28(14-18)15-20(21,22)23)25-10-17-11-26-29(13-17)12-16-6-4-3-5-7-16/h3-7,11,13,18H,2,8-10,12,14-15H2,1H3,(H2,24,25,27). The van der Waals surface area contributed by atoms with Gasteiger partial charge in [0.1, 0.15) is 0 Å². The molecule has 2 heterocycles. The Bertz CT molecular complexity index is 787. The lowest BCUT2D eigenvalue weighted by Gasteiger charge is -2.19. The van der Waals surface area contributed by atoms with Crippen LogP contribution >= 0.6 is 0 Å². The van der Waals surface area contributed by atoms with Crippen LogP contribution in [0.15, 0.2) is 47.7 Å². The first-order valence-electron chi connectivity index (χ1n) is 9.80. The van der Waals surface area contributed by atoms with Gasteiger partial charge in [0.05, 0.1) is 25.8 Å². The van der Waals surface area contributed by atoms with Crippen LogP contribution < -0.4 is 10.6 Å². The number of hydrogen-bond donors (Lipinski definition) is 2. The number of guanidine groups is 1. The molecule has 3 rings (SSSR count). The molecular formula is C20H27F3N6. The van der Waals surface area contributed by atoms with Crippen molar-refractivity contribution in [2.24, 2.45) is 4.99 Å². The number of halogens is 3. The van der Waals surface area contributed by atoms with Crippen LogP contribution in [-0.4, -0.2) is 59.0 Å². The highest BCUT2D eigenvalue weighted by atomic mass is 19.4. The summed E-state index contributed by atoms with van der Waals surface area (Å²) in [5.41, 5.74) is 2.15. The third-order valence-corrected chi connectivity index (χ3v) is 4.65. The predicted octanol–water partition coefficient (Wildman–Crippen LogP) is 2.62. The molecule has 0 radical (unpaired) electrons. The molecule has 1 aliphatic heterocycles. The summed E-state index contributed by atoms with van der Waals surface area (Å²) in [6, 6.07) is 10.0. The molecule has 1 aromatic heterocycles.